The second-order valence-corrected chi connectivity index (χ2v) is 8.10. The first-order valence-corrected chi connectivity index (χ1v) is 9.90. The molecule has 1 aromatic carbocycles. The number of hydrogen-bond acceptors (Lipinski definition) is 4. The largest absolute Gasteiger partial charge is 0.496 e. The molecule has 2 heterocycles. The molecular formula is C20H26ClN3O4. The first kappa shape index (κ1) is 20.5. The molecular weight excluding hydrogens is 382 g/mol. The van der Waals surface area contributed by atoms with Gasteiger partial charge < -0.3 is 19.4 Å². The highest BCUT2D eigenvalue weighted by molar-refractivity contribution is 6.31. The number of rotatable bonds is 4. The number of hydrogen-bond donors (Lipinski definition) is 0. The molecule has 3 amide bonds. The third-order valence-corrected chi connectivity index (χ3v) is 5.34. The number of piperazine rings is 1. The number of ether oxygens (including phenoxy) is 1. The summed E-state index contributed by atoms with van der Waals surface area (Å²) in [5, 5.41) is 0.438. The zero-order valence-corrected chi connectivity index (χ0v) is 17.2. The first-order chi connectivity index (χ1) is 13.3. The maximum Gasteiger partial charge on any atom is 0.257 e. The Morgan fingerprint density at radius 3 is 2.71 bits per heavy atom. The van der Waals surface area contributed by atoms with Crippen LogP contribution in [0.25, 0.3) is 0 Å². The maximum atomic E-state index is 13.2. The number of methoxy groups -OCH3 is 1. The number of carbonyl (C=O) groups excluding carboxylic acids is 3. The third-order valence-electron chi connectivity index (χ3n) is 5.10. The minimum absolute atomic E-state index is 0.0557. The molecule has 0 bridgehead atoms. The number of amides is 3. The Kier molecular flexibility index (Phi) is 6.13. The Morgan fingerprint density at radius 2 is 2.04 bits per heavy atom. The minimum Gasteiger partial charge on any atom is -0.496 e. The molecule has 0 saturated carbocycles. The van der Waals surface area contributed by atoms with Gasteiger partial charge in [0, 0.05) is 24.7 Å². The summed E-state index contributed by atoms with van der Waals surface area (Å²) in [6.45, 7) is 5.78. The normalized spacial score (nSPS) is 20.3. The van der Waals surface area contributed by atoms with Gasteiger partial charge >= 0.3 is 0 Å². The minimum atomic E-state index is -0.642. The average Bonchev–Trinajstić information content (AvgIpc) is 2.88. The van der Waals surface area contributed by atoms with E-state index < -0.39 is 6.04 Å². The molecule has 8 heteroatoms. The fraction of sp³-hybridized carbons (Fsp3) is 0.550. The summed E-state index contributed by atoms with van der Waals surface area (Å²) in [5.74, 6) is 0.305. The van der Waals surface area contributed by atoms with Gasteiger partial charge in [0.15, 0.2) is 0 Å². The van der Waals surface area contributed by atoms with Gasteiger partial charge in [0.25, 0.3) is 5.91 Å². The molecule has 3 rings (SSSR count). The van der Waals surface area contributed by atoms with Crippen molar-refractivity contribution in [2.45, 2.75) is 26.3 Å². The van der Waals surface area contributed by atoms with Crippen LogP contribution in [0, 0.1) is 5.92 Å². The number of halogens is 1. The van der Waals surface area contributed by atoms with E-state index in [2.05, 4.69) is 0 Å². The predicted molar refractivity (Wildman–Crippen MR) is 105 cm³/mol. The highest BCUT2D eigenvalue weighted by Crippen LogP contribution is 2.26. The fourth-order valence-corrected chi connectivity index (χ4v) is 4.01. The molecule has 28 heavy (non-hydrogen) atoms. The van der Waals surface area contributed by atoms with E-state index in [1.54, 1.807) is 32.9 Å². The van der Waals surface area contributed by atoms with Crippen LogP contribution in [0.5, 0.6) is 5.75 Å². The van der Waals surface area contributed by atoms with Gasteiger partial charge in [0.2, 0.25) is 11.8 Å². The van der Waals surface area contributed by atoms with Gasteiger partial charge in [-0.15, -0.1) is 0 Å². The van der Waals surface area contributed by atoms with Gasteiger partial charge in [-0.25, -0.2) is 0 Å². The predicted octanol–water partition coefficient (Wildman–Crippen LogP) is 1.89. The van der Waals surface area contributed by atoms with E-state index in [1.165, 1.54) is 7.11 Å². The van der Waals surface area contributed by atoms with Gasteiger partial charge in [-0.3, -0.25) is 14.4 Å². The van der Waals surface area contributed by atoms with Crippen molar-refractivity contribution in [1.29, 1.82) is 0 Å². The molecule has 0 aliphatic carbocycles. The van der Waals surface area contributed by atoms with E-state index >= 15 is 0 Å². The van der Waals surface area contributed by atoms with E-state index in [0.717, 1.165) is 0 Å². The fourth-order valence-electron chi connectivity index (χ4n) is 3.84. The van der Waals surface area contributed by atoms with Gasteiger partial charge in [0.1, 0.15) is 11.8 Å². The molecule has 2 aliphatic heterocycles. The highest BCUT2D eigenvalue weighted by atomic mass is 35.5. The summed E-state index contributed by atoms with van der Waals surface area (Å²) < 4.78 is 5.30. The zero-order valence-electron chi connectivity index (χ0n) is 16.5. The second-order valence-electron chi connectivity index (χ2n) is 7.66. The Morgan fingerprint density at radius 1 is 1.29 bits per heavy atom. The number of fused-ring (bicyclic) bond motifs is 1. The molecule has 0 aromatic heterocycles. The Labute approximate surface area is 170 Å². The lowest BCUT2D eigenvalue weighted by atomic mass is 10.1. The monoisotopic (exact) mass is 407 g/mol. The summed E-state index contributed by atoms with van der Waals surface area (Å²) in [6.07, 6.45) is 0.619. The molecule has 0 radical (unpaired) electrons. The third kappa shape index (κ3) is 4.09. The average molecular weight is 408 g/mol. The topological polar surface area (TPSA) is 70.2 Å². The van der Waals surface area contributed by atoms with E-state index in [-0.39, 0.29) is 36.7 Å². The Hall–Kier alpha value is -2.28. The number of benzene rings is 1. The highest BCUT2D eigenvalue weighted by Gasteiger charge is 2.42. The molecule has 1 aromatic rings. The van der Waals surface area contributed by atoms with Gasteiger partial charge in [0.05, 0.1) is 25.8 Å². The molecule has 1 atom stereocenters. The van der Waals surface area contributed by atoms with Crippen molar-refractivity contribution in [3.63, 3.8) is 0 Å². The summed E-state index contributed by atoms with van der Waals surface area (Å²) in [6, 6.07) is 4.24. The second kappa shape index (κ2) is 8.39. The van der Waals surface area contributed by atoms with Crippen LogP contribution in [0.2, 0.25) is 5.02 Å². The van der Waals surface area contributed by atoms with Crippen molar-refractivity contribution >= 4 is 29.3 Å². The molecule has 2 saturated heterocycles. The number of carbonyl (C=O) groups is 3. The van der Waals surface area contributed by atoms with E-state index in [0.29, 0.717) is 42.4 Å². The van der Waals surface area contributed by atoms with E-state index in [1.807, 2.05) is 13.8 Å². The quantitative estimate of drug-likeness (QED) is 0.764. The first-order valence-electron chi connectivity index (χ1n) is 9.53. The van der Waals surface area contributed by atoms with Gasteiger partial charge in [-0.1, -0.05) is 25.4 Å². The van der Waals surface area contributed by atoms with Gasteiger partial charge in [-0.2, -0.15) is 0 Å². The van der Waals surface area contributed by atoms with Crippen LogP contribution in [0.1, 0.15) is 30.6 Å². The summed E-state index contributed by atoms with van der Waals surface area (Å²) in [4.78, 5) is 43.7. The number of nitrogens with zero attached hydrogens (tertiary/aromatic N) is 3. The summed E-state index contributed by atoms with van der Waals surface area (Å²) in [5.41, 5.74) is 0.358. The SMILES string of the molecule is COc1ccc(Cl)cc1C(=O)N1CCCN2C(=O)CN(CC(C)C)C(=O)C2C1. The van der Waals surface area contributed by atoms with E-state index in [9.17, 15) is 14.4 Å². The Bertz CT molecular complexity index is 783. The summed E-state index contributed by atoms with van der Waals surface area (Å²) >= 11 is 6.07. The van der Waals surface area contributed by atoms with Crippen molar-refractivity contribution in [1.82, 2.24) is 14.7 Å². The molecule has 2 fully saturated rings. The van der Waals surface area contributed by atoms with Crippen molar-refractivity contribution in [2.24, 2.45) is 5.92 Å². The van der Waals surface area contributed by atoms with Crippen molar-refractivity contribution in [3.8, 4) is 5.75 Å². The lowest BCUT2D eigenvalue weighted by Gasteiger charge is -2.40. The van der Waals surface area contributed by atoms with Crippen LogP contribution in [0.15, 0.2) is 18.2 Å². The van der Waals surface area contributed by atoms with Crippen molar-refractivity contribution in [3.05, 3.63) is 28.8 Å². The molecule has 7 nitrogen and oxygen atoms in total. The van der Waals surface area contributed by atoms with Crippen LogP contribution < -0.4 is 4.74 Å². The van der Waals surface area contributed by atoms with E-state index in [4.69, 9.17) is 16.3 Å². The van der Waals surface area contributed by atoms with Crippen LogP contribution in [-0.4, -0.2) is 78.3 Å². The molecule has 2 aliphatic rings. The van der Waals surface area contributed by atoms with Crippen LogP contribution >= 0.6 is 11.6 Å². The van der Waals surface area contributed by atoms with Crippen LogP contribution in [0.3, 0.4) is 0 Å². The zero-order chi connectivity index (χ0) is 20.4. The van der Waals surface area contributed by atoms with Gasteiger partial charge in [-0.05, 0) is 30.5 Å². The Balaban J connectivity index is 1.85. The summed E-state index contributed by atoms with van der Waals surface area (Å²) in [7, 11) is 1.50. The lowest BCUT2D eigenvalue weighted by molar-refractivity contribution is -0.156. The van der Waals surface area contributed by atoms with Crippen molar-refractivity contribution in [2.75, 3.05) is 39.8 Å². The molecule has 1 unspecified atom stereocenters. The lowest BCUT2D eigenvalue weighted by Crippen LogP contribution is -2.62. The van der Waals surface area contributed by atoms with Crippen molar-refractivity contribution < 1.29 is 19.1 Å². The maximum absolute atomic E-state index is 13.2. The standard InChI is InChI=1S/C20H26ClN3O4/c1-13(2)10-23-12-18(25)24-8-4-7-22(11-16(24)20(23)27)19(26)15-9-14(21)5-6-17(15)28-3/h5-6,9,13,16H,4,7-8,10-12H2,1-3H3. The van der Waals surface area contributed by atoms with Crippen LogP contribution in [0.4, 0.5) is 0 Å². The molecule has 152 valence electrons. The van der Waals surface area contributed by atoms with Crippen LogP contribution in [-0.2, 0) is 9.59 Å². The smallest absolute Gasteiger partial charge is 0.257 e. The molecule has 0 N–H and O–H groups in total. The molecule has 0 spiro atoms.